The zero-order valence-corrected chi connectivity index (χ0v) is 17.8. The Labute approximate surface area is 180 Å². The van der Waals surface area contributed by atoms with Crippen molar-refractivity contribution in [2.45, 2.75) is 11.8 Å². The molecule has 30 heavy (non-hydrogen) atoms. The first-order valence-electron chi connectivity index (χ1n) is 9.09. The number of nitrogens with one attached hydrogen (secondary N) is 1. The maximum absolute atomic E-state index is 13.2. The summed E-state index contributed by atoms with van der Waals surface area (Å²) in [4.78, 5) is 12.6. The minimum Gasteiger partial charge on any atom is -0.271 e. The fraction of sp³-hybridized carbons (Fsp3) is 0.0909. The van der Waals surface area contributed by atoms with Gasteiger partial charge in [-0.3, -0.25) is 9.10 Å². The molecule has 0 bridgehead atoms. The first kappa shape index (κ1) is 21.5. The second-order valence-corrected chi connectivity index (χ2v) is 8.76. The average molecular weight is 442 g/mol. The number of nitrogens with zero attached hydrogens (tertiary/aromatic N) is 2. The van der Waals surface area contributed by atoms with E-state index in [9.17, 15) is 13.2 Å². The van der Waals surface area contributed by atoms with Crippen LogP contribution in [0.25, 0.3) is 0 Å². The Morgan fingerprint density at radius 2 is 1.73 bits per heavy atom. The van der Waals surface area contributed by atoms with E-state index in [0.717, 1.165) is 9.87 Å². The molecule has 0 heterocycles. The summed E-state index contributed by atoms with van der Waals surface area (Å²) in [6.07, 6.45) is 1.44. The Kier molecular flexibility index (Phi) is 6.87. The van der Waals surface area contributed by atoms with Crippen molar-refractivity contribution in [2.75, 3.05) is 10.8 Å². The summed E-state index contributed by atoms with van der Waals surface area (Å²) in [5, 5.41) is 4.45. The average Bonchev–Trinajstić information content (AvgIpc) is 2.73. The fourth-order valence-corrected chi connectivity index (χ4v) is 4.50. The van der Waals surface area contributed by atoms with Crippen molar-refractivity contribution in [3.63, 3.8) is 0 Å². The summed E-state index contributed by atoms with van der Waals surface area (Å²) in [6, 6.07) is 21.9. The number of hydrogen-bond donors (Lipinski definition) is 1. The zero-order valence-electron chi connectivity index (χ0n) is 16.2. The number of anilines is 1. The van der Waals surface area contributed by atoms with Crippen LogP contribution in [0.15, 0.2) is 88.9 Å². The Balaban J connectivity index is 1.84. The fourth-order valence-electron chi connectivity index (χ4n) is 2.79. The molecule has 0 saturated carbocycles. The van der Waals surface area contributed by atoms with E-state index in [1.165, 1.54) is 18.3 Å². The standard InChI is InChI=1S/C22H20ClN3O3S/c1-17-8-5-6-13-21(17)26(30(28,29)20-11-3-2-4-12-20)16-22(27)25-24-15-18-9-7-10-19(23)14-18/h2-15H,16H2,1H3,(H,25,27)/b24-15+. The van der Waals surface area contributed by atoms with E-state index in [2.05, 4.69) is 10.5 Å². The Bertz CT molecular complexity index is 1170. The van der Waals surface area contributed by atoms with Crippen LogP contribution in [0.5, 0.6) is 0 Å². The highest BCUT2D eigenvalue weighted by Gasteiger charge is 2.27. The predicted molar refractivity (Wildman–Crippen MR) is 119 cm³/mol. The van der Waals surface area contributed by atoms with Crippen molar-refractivity contribution in [1.82, 2.24) is 5.43 Å². The molecule has 0 aliphatic heterocycles. The van der Waals surface area contributed by atoms with Crippen molar-refractivity contribution in [2.24, 2.45) is 5.10 Å². The van der Waals surface area contributed by atoms with Crippen LogP contribution in [-0.4, -0.2) is 27.1 Å². The highest BCUT2D eigenvalue weighted by Crippen LogP contribution is 2.26. The van der Waals surface area contributed by atoms with Gasteiger partial charge in [0.2, 0.25) is 0 Å². The molecule has 3 rings (SSSR count). The van der Waals surface area contributed by atoms with Crippen LogP contribution in [0.2, 0.25) is 5.02 Å². The molecule has 0 atom stereocenters. The molecule has 0 aliphatic rings. The molecular weight excluding hydrogens is 422 g/mol. The molecule has 3 aromatic rings. The van der Waals surface area contributed by atoms with Crippen LogP contribution in [0.4, 0.5) is 5.69 Å². The lowest BCUT2D eigenvalue weighted by Crippen LogP contribution is -2.40. The molecule has 0 saturated heterocycles. The molecule has 1 amide bonds. The van der Waals surface area contributed by atoms with E-state index >= 15 is 0 Å². The second-order valence-electron chi connectivity index (χ2n) is 6.46. The minimum atomic E-state index is -3.95. The SMILES string of the molecule is Cc1ccccc1N(CC(=O)N/N=C/c1cccc(Cl)c1)S(=O)(=O)c1ccccc1. The van der Waals surface area contributed by atoms with E-state index < -0.39 is 22.5 Å². The lowest BCUT2D eigenvalue weighted by Gasteiger charge is -2.25. The molecule has 8 heteroatoms. The van der Waals surface area contributed by atoms with Gasteiger partial charge in [0, 0.05) is 5.02 Å². The topological polar surface area (TPSA) is 78.8 Å². The van der Waals surface area contributed by atoms with Crippen molar-refractivity contribution in [3.05, 3.63) is 95.0 Å². The number of halogens is 1. The number of rotatable bonds is 7. The summed E-state index contributed by atoms with van der Waals surface area (Å²) in [5.74, 6) is -0.573. The van der Waals surface area contributed by atoms with Crippen LogP contribution in [0.1, 0.15) is 11.1 Å². The molecule has 0 aliphatic carbocycles. The Morgan fingerprint density at radius 1 is 1.03 bits per heavy atom. The third kappa shape index (κ3) is 5.25. The smallest absolute Gasteiger partial charge is 0.264 e. The number of carbonyl (C=O) groups excluding carboxylic acids is 1. The van der Waals surface area contributed by atoms with E-state index in [4.69, 9.17) is 11.6 Å². The number of hydrogen-bond acceptors (Lipinski definition) is 4. The van der Waals surface area contributed by atoms with E-state index in [0.29, 0.717) is 16.3 Å². The zero-order chi connectivity index (χ0) is 21.6. The Hall–Kier alpha value is -3.16. The summed E-state index contributed by atoms with van der Waals surface area (Å²) in [5.41, 5.74) is 4.23. The van der Waals surface area contributed by atoms with E-state index in [1.807, 2.05) is 6.07 Å². The van der Waals surface area contributed by atoms with Gasteiger partial charge in [-0.1, -0.05) is 60.1 Å². The highest BCUT2D eigenvalue weighted by molar-refractivity contribution is 7.92. The first-order chi connectivity index (χ1) is 14.4. The van der Waals surface area contributed by atoms with Gasteiger partial charge in [0.25, 0.3) is 15.9 Å². The van der Waals surface area contributed by atoms with Crippen LogP contribution in [0.3, 0.4) is 0 Å². The number of aryl methyl sites for hydroxylation is 1. The van der Waals surface area contributed by atoms with Gasteiger partial charge in [-0.05, 0) is 48.4 Å². The number of hydrazone groups is 1. The van der Waals surface area contributed by atoms with Crippen molar-refractivity contribution >= 4 is 39.4 Å². The minimum absolute atomic E-state index is 0.100. The highest BCUT2D eigenvalue weighted by atomic mass is 35.5. The predicted octanol–water partition coefficient (Wildman–Crippen LogP) is 3.99. The normalized spacial score (nSPS) is 11.4. The van der Waals surface area contributed by atoms with Gasteiger partial charge in [-0.15, -0.1) is 0 Å². The second kappa shape index (κ2) is 9.56. The number of sulfonamides is 1. The van der Waals surface area contributed by atoms with E-state index in [-0.39, 0.29) is 4.90 Å². The molecule has 3 aromatic carbocycles. The van der Waals surface area contributed by atoms with Crippen molar-refractivity contribution < 1.29 is 13.2 Å². The maximum atomic E-state index is 13.2. The maximum Gasteiger partial charge on any atom is 0.264 e. The third-order valence-corrected chi connectivity index (χ3v) is 6.26. The van der Waals surface area contributed by atoms with Gasteiger partial charge >= 0.3 is 0 Å². The summed E-state index contributed by atoms with van der Waals surface area (Å²) in [6.45, 7) is 1.37. The lowest BCUT2D eigenvalue weighted by atomic mass is 10.2. The van der Waals surface area contributed by atoms with Gasteiger partial charge in [0.05, 0.1) is 16.8 Å². The van der Waals surface area contributed by atoms with Gasteiger partial charge in [0.15, 0.2) is 0 Å². The molecule has 0 radical (unpaired) electrons. The van der Waals surface area contributed by atoms with Gasteiger partial charge < -0.3 is 0 Å². The van der Waals surface area contributed by atoms with E-state index in [1.54, 1.807) is 67.6 Å². The summed E-state index contributed by atoms with van der Waals surface area (Å²) >= 11 is 5.92. The van der Waals surface area contributed by atoms with Crippen LogP contribution < -0.4 is 9.73 Å². The number of carbonyl (C=O) groups is 1. The monoisotopic (exact) mass is 441 g/mol. The Morgan fingerprint density at radius 3 is 2.43 bits per heavy atom. The van der Waals surface area contributed by atoms with Crippen LogP contribution in [-0.2, 0) is 14.8 Å². The number of benzene rings is 3. The molecule has 0 spiro atoms. The quantitative estimate of drug-likeness (QED) is 0.444. The number of para-hydroxylation sites is 1. The molecule has 1 N–H and O–H groups in total. The summed E-state index contributed by atoms with van der Waals surface area (Å²) in [7, 11) is -3.95. The van der Waals surface area contributed by atoms with Crippen LogP contribution in [0, 0.1) is 6.92 Å². The molecule has 0 unspecified atom stereocenters. The van der Waals surface area contributed by atoms with Gasteiger partial charge in [-0.25, -0.2) is 13.8 Å². The van der Waals surface area contributed by atoms with Crippen molar-refractivity contribution in [1.29, 1.82) is 0 Å². The largest absolute Gasteiger partial charge is 0.271 e. The molecule has 6 nitrogen and oxygen atoms in total. The van der Waals surface area contributed by atoms with Gasteiger partial charge in [-0.2, -0.15) is 5.10 Å². The molecular formula is C22H20ClN3O3S. The first-order valence-corrected chi connectivity index (χ1v) is 10.9. The number of amides is 1. The lowest BCUT2D eigenvalue weighted by molar-refractivity contribution is -0.119. The molecule has 154 valence electrons. The molecule has 0 fully saturated rings. The van der Waals surface area contributed by atoms with Crippen LogP contribution >= 0.6 is 11.6 Å². The van der Waals surface area contributed by atoms with Gasteiger partial charge in [0.1, 0.15) is 6.54 Å². The summed E-state index contributed by atoms with van der Waals surface area (Å²) < 4.78 is 27.6. The molecule has 0 aromatic heterocycles. The van der Waals surface area contributed by atoms with Crippen molar-refractivity contribution in [3.8, 4) is 0 Å². The third-order valence-electron chi connectivity index (χ3n) is 4.25.